The molecule has 0 heteroatoms. The van der Waals surface area contributed by atoms with Crippen molar-refractivity contribution in [1.82, 2.24) is 0 Å². The normalized spacial score (nSPS) is 21.1. The Bertz CT molecular complexity index is 2420. The monoisotopic (exact) mass is 750 g/mol. The molecule has 58 heavy (non-hydrogen) atoms. The molecule has 0 saturated carbocycles. The van der Waals surface area contributed by atoms with Crippen molar-refractivity contribution in [2.24, 2.45) is 0 Å². The third-order valence-corrected chi connectivity index (χ3v) is 9.79. The molecular formula is C58H54. The molecule has 6 rings (SSSR count). The van der Waals surface area contributed by atoms with E-state index in [1.807, 2.05) is 72.9 Å². The van der Waals surface area contributed by atoms with Crippen LogP contribution in [0.25, 0.3) is 16.3 Å². The lowest BCUT2D eigenvalue weighted by Gasteiger charge is -2.32. The van der Waals surface area contributed by atoms with Crippen LogP contribution in [-0.4, -0.2) is 0 Å². The second-order valence-corrected chi connectivity index (χ2v) is 13.9. The molecule has 2 aliphatic carbocycles. The van der Waals surface area contributed by atoms with Crippen molar-refractivity contribution in [3.05, 3.63) is 308 Å². The van der Waals surface area contributed by atoms with Gasteiger partial charge in [0.25, 0.3) is 0 Å². The van der Waals surface area contributed by atoms with Gasteiger partial charge in [-0.15, -0.1) is 0 Å². The molecule has 286 valence electrons. The van der Waals surface area contributed by atoms with E-state index in [0.717, 1.165) is 18.4 Å². The first-order chi connectivity index (χ1) is 28.6. The maximum atomic E-state index is 4.17. The number of fused-ring (bicyclic) bond motifs is 4. The molecule has 0 radical (unpaired) electrons. The molecule has 0 aliphatic heterocycles. The predicted molar refractivity (Wildman–Crippen MR) is 257 cm³/mol. The van der Waals surface area contributed by atoms with Crippen LogP contribution in [-0.2, 0) is 5.41 Å². The maximum absolute atomic E-state index is 4.17. The van der Waals surface area contributed by atoms with Crippen LogP contribution in [0.4, 0.5) is 0 Å². The van der Waals surface area contributed by atoms with Gasteiger partial charge in [-0.25, -0.2) is 0 Å². The minimum Gasteiger partial charge on any atom is -0.0991 e. The molecule has 1 atom stereocenters. The van der Waals surface area contributed by atoms with Crippen LogP contribution in [0.2, 0.25) is 0 Å². The molecule has 2 aliphatic rings. The smallest absolute Gasteiger partial charge is 0.0498 e. The summed E-state index contributed by atoms with van der Waals surface area (Å²) < 4.78 is 0. The lowest BCUT2D eigenvalue weighted by atomic mass is 9.69. The molecular weight excluding hydrogens is 697 g/mol. The molecule has 0 bridgehead atoms. The molecule has 4 aromatic rings. The fourth-order valence-electron chi connectivity index (χ4n) is 7.01. The number of aryl methyl sites for hydroxylation is 1. The van der Waals surface area contributed by atoms with Gasteiger partial charge in [0, 0.05) is 5.41 Å². The van der Waals surface area contributed by atoms with Crippen LogP contribution in [0.15, 0.2) is 285 Å². The molecule has 0 N–H and O–H groups in total. The Morgan fingerprint density at radius 3 is 1.86 bits per heavy atom. The van der Waals surface area contributed by atoms with Crippen molar-refractivity contribution in [3.8, 4) is 0 Å². The predicted octanol–water partition coefficient (Wildman–Crippen LogP) is 15.7. The van der Waals surface area contributed by atoms with E-state index in [9.17, 15) is 0 Å². The zero-order chi connectivity index (χ0) is 40.7. The minimum atomic E-state index is -0.400. The van der Waals surface area contributed by atoms with E-state index >= 15 is 0 Å². The summed E-state index contributed by atoms with van der Waals surface area (Å²) in [7, 11) is 0. The summed E-state index contributed by atoms with van der Waals surface area (Å²) in [6, 6.07) is 34.7. The van der Waals surface area contributed by atoms with E-state index in [0.29, 0.717) is 0 Å². The lowest BCUT2D eigenvalue weighted by Crippen LogP contribution is -2.26. The van der Waals surface area contributed by atoms with Crippen LogP contribution in [0.1, 0.15) is 35.1 Å². The fourth-order valence-corrected chi connectivity index (χ4v) is 7.01. The summed E-state index contributed by atoms with van der Waals surface area (Å²) >= 11 is 0. The first kappa shape index (κ1) is 42.1. The SMILES string of the molecule is C=C\C=C/C=C\C=C\CC1=C/C=C/C=C2\C(=C/C=C/C=C\1)c1cc3ccccc3cc1C2(C/C=C\C=C/C(=C)/C=C\C=C/C=C)c1ccccc1.Cc1ccccc1. The van der Waals surface area contributed by atoms with Gasteiger partial charge in [0.2, 0.25) is 0 Å². The molecule has 0 aromatic heterocycles. The van der Waals surface area contributed by atoms with Gasteiger partial charge < -0.3 is 0 Å². The van der Waals surface area contributed by atoms with E-state index < -0.39 is 5.41 Å². The Morgan fingerprint density at radius 1 is 0.569 bits per heavy atom. The molecule has 4 aromatic carbocycles. The quantitative estimate of drug-likeness (QED) is 0.119. The highest BCUT2D eigenvalue weighted by Gasteiger charge is 2.45. The zero-order valence-electron chi connectivity index (χ0n) is 33.7. The van der Waals surface area contributed by atoms with Gasteiger partial charge in [-0.3, -0.25) is 0 Å². The van der Waals surface area contributed by atoms with Crippen LogP contribution in [0.3, 0.4) is 0 Å². The van der Waals surface area contributed by atoms with E-state index in [1.54, 1.807) is 12.2 Å². The summed E-state index contributed by atoms with van der Waals surface area (Å²) in [5.74, 6) is 0. The molecule has 0 fully saturated rings. The summed E-state index contributed by atoms with van der Waals surface area (Å²) in [5.41, 5.74) is 9.48. The largest absolute Gasteiger partial charge is 0.0991 e. The standard InChI is InChI=1S/C51H46.C7H8/c1-4-6-8-10-11-12-18-30-43-31-19-13-22-37-47-48-40-44-33-24-25-34-45(44)41-50(48)51(46-35-20-14-21-36-46,49(47)38-26-23-32-43)39-27-15-17-29-42(3)28-16-9-7-5-2;1-7-5-3-2-4-6-7/h4-29,31-38,40-41H,1-3,30,39H2;2-6H,1H3/b8-6-,9-7-,11-10-,18-12+,19-13?,22-13+,26-23+,27-15-,28-16-,29-17-,31-19-,32-23?,37-22?,38-26?,43-31?,43-32-,47-37-,49-38+;. The summed E-state index contributed by atoms with van der Waals surface area (Å²) in [5, 5.41) is 2.49. The van der Waals surface area contributed by atoms with Crippen LogP contribution >= 0.6 is 0 Å². The van der Waals surface area contributed by atoms with Gasteiger partial charge in [-0.1, -0.05) is 262 Å². The maximum Gasteiger partial charge on any atom is 0.0498 e. The van der Waals surface area contributed by atoms with E-state index in [-0.39, 0.29) is 0 Å². The number of allylic oxidation sites excluding steroid dienone is 29. The van der Waals surface area contributed by atoms with Crippen molar-refractivity contribution < 1.29 is 0 Å². The van der Waals surface area contributed by atoms with E-state index in [1.165, 1.54) is 49.7 Å². The highest BCUT2D eigenvalue weighted by atomic mass is 14.5. The first-order valence-corrected chi connectivity index (χ1v) is 19.9. The van der Waals surface area contributed by atoms with Gasteiger partial charge in [0.05, 0.1) is 0 Å². The van der Waals surface area contributed by atoms with Gasteiger partial charge in [0.1, 0.15) is 0 Å². The van der Waals surface area contributed by atoms with Crippen molar-refractivity contribution in [1.29, 1.82) is 0 Å². The molecule has 0 nitrogen and oxygen atoms in total. The molecule has 0 amide bonds. The third kappa shape index (κ3) is 12.0. The summed E-state index contributed by atoms with van der Waals surface area (Å²) in [6.45, 7) is 13.7. The second-order valence-electron chi connectivity index (χ2n) is 13.9. The third-order valence-electron chi connectivity index (χ3n) is 9.79. The Balaban J connectivity index is 0.000000826. The second kappa shape index (κ2) is 23.1. The average Bonchev–Trinajstić information content (AvgIpc) is 3.49. The van der Waals surface area contributed by atoms with Crippen molar-refractivity contribution in [2.45, 2.75) is 25.2 Å². The number of hydrogen-bond acceptors (Lipinski definition) is 0. The number of rotatable bonds is 13. The topological polar surface area (TPSA) is 0 Å². The Kier molecular flexibility index (Phi) is 16.8. The van der Waals surface area contributed by atoms with E-state index in [2.05, 4.69) is 191 Å². The van der Waals surface area contributed by atoms with Gasteiger partial charge in [-0.2, -0.15) is 0 Å². The van der Waals surface area contributed by atoms with E-state index in [4.69, 9.17) is 0 Å². The number of hydrogen-bond donors (Lipinski definition) is 0. The molecule has 0 saturated heterocycles. The first-order valence-electron chi connectivity index (χ1n) is 19.9. The van der Waals surface area contributed by atoms with Crippen LogP contribution in [0.5, 0.6) is 0 Å². The van der Waals surface area contributed by atoms with Gasteiger partial charge in [-0.05, 0) is 81.7 Å². The Hall–Kier alpha value is -7.02. The Morgan fingerprint density at radius 2 is 1.16 bits per heavy atom. The van der Waals surface area contributed by atoms with Crippen molar-refractivity contribution >= 4 is 16.3 Å². The molecule has 0 spiro atoms. The van der Waals surface area contributed by atoms with Crippen LogP contribution < -0.4 is 0 Å². The van der Waals surface area contributed by atoms with Gasteiger partial charge >= 0.3 is 0 Å². The van der Waals surface area contributed by atoms with Crippen LogP contribution in [0, 0.1) is 6.92 Å². The van der Waals surface area contributed by atoms with Crippen molar-refractivity contribution in [3.63, 3.8) is 0 Å². The summed E-state index contributed by atoms with van der Waals surface area (Å²) in [6.07, 6.45) is 53.6. The summed E-state index contributed by atoms with van der Waals surface area (Å²) in [4.78, 5) is 0. The average molecular weight is 751 g/mol. The van der Waals surface area contributed by atoms with Gasteiger partial charge in [0.15, 0.2) is 0 Å². The van der Waals surface area contributed by atoms with Crippen molar-refractivity contribution in [2.75, 3.05) is 0 Å². The zero-order valence-corrected chi connectivity index (χ0v) is 33.7. The lowest BCUT2D eigenvalue weighted by molar-refractivity contribution is 0.646. The highest BCUT2D eigenvalue weighted by Crippen LogP contribution is 2.56. The Labute approximate surface area is 347 Å². The minimum absolute atomic E-state index is 0.400. The highest BCUT2D eigenvalue weighted by molar-refractivity contribution is 5.98. The number of benzene rings is 4. The molecule has 0 heterocycles. The molecule has 1 unspecified atom stereocenters. The fraction of sp³-hybridized carbons (Fsp3) is 0.0690.